The third kappa shape index (κ3) is 2.42. The van der Waals surface area contributed by atoms with Crippen molar-refractivity contribution in [3.05, 3.63) is 29.3 Å². The summed E-state index contributed by atoms with van der Waals surface area (Å²) in [5, 5.41) is 19.0. The third-order valence-corrected chi connectivity index (χ3v) is 3.59. The molecule has 0 bridgehead atoms. The van der Waals surface area contributed by atoms with Crippen molar-refractivity contribution in [2.45, 2.75) is 25.8 Å². The van der Waals surface area contributed by atoms with Crippen molar-refractivity contribution in [3.63, 3.8) is 0 Å². The first kappa shape index (κ1) is 11.9. The van der Waals surface area contributed by atoms with Gasteiger partial charge in [0.1, 0.15) is 5.75 Å². The van der Waals surface area contributed by atoms with Gasteiger partial charge in [0.15, 0.2) is 0 Å². The Morgan fingerprint density at radius 1 is 1.47 bits per heavy atom. The fraction of sp³-hybridized carbons (Fsp3) is 0.500. The number of benzene rings is 1. The second-order valence-electron chi connectivity index (χ2n) is 4.91. The molecule has 0 aliphatic carbocycles. The van der Waals surface area contributed by atoms with Crippen molar-refractivity contribution in [2.24, 2.45) is 5.92 Å². The summed E-state index contributed by atoms with van der Waals surface area (Å²) in [5.41, 5.74) is 2.10. The Hall–Kier alpha value is -1.53. The molecule has 2 atom stereocenters. The third-order valence-electron chi connectivity index (χ3n) is 3.59. The number of nitrogens with zero attached hydrogens (tertiary/aromatic N) is 2. The van der Waals surface area contributed by atoms with Crippen molar-refractivity contribution in [1.29, 1.82) is 5.26 Å². The first-order valence-corrected chi connectivity index (χ1v) is 6.01. The fourth-order valence-corrected chi connectivity index (χ4v) is 2.51. The zero-order chi connectivity index (χ0) is 12.4. The summed E-state index contributed by atoms with van der Waals surface area (Å²) in [6.07, 6.45) is 1.74. The van der Waals surface area contributed by atoms with E-state index >= 15 is 0 Å². The smallest absolute Gasteiger partial charge is 0.120 e. The molecule has 3 nitrogen and oxygen atoms in total. The number of likely N-dealkylation sites (tertiary alicyclic amines) is 1. The molecule has 1 aromatic rings. The quantitative estimate of drug-likeness (QED) is 0.806. The Balaban J connectivity index is 2.31. The van der Waals surface area contributed by atoms with Gasteiger partial charge >= 0.3 is 0 Å². The standard InChI is InChI=1S/C14H18N2O/c1-10-3-4-14(17)12(7-10)13-8-11(9-15)5-6-16(13)2/h3-4,7,11,13,17H,5-6,8H2,1-2H3/t11-,13-/m0/s1. The van der Waals surface area contributed by atoms with Crippen LogP contribution >= 0.6 is 0 Å². The molecular weight excluding hydrogens is 212 g/mol. The molecule has 0 spiro atoms. The lowest BCUT2D eigenvalue weighted by Gasteiger charge is -2.35. The van der Waals surface area contributed by atoms with Crippen molar-refractivity contribution >= 4 is 0 Å². The molecule has 0 radical (unpaired) electrons. The van der Waals surface area contributed by atoms with Crippen LogP contribution in [-0.4, -0.2) is 23.6 Å². The normalized spacial score (nSPS) is 25.5. The highest BCUT2D eigenvalue weighted by molar-refractivity contribution is 5.38. The number of hydrogen-bond acceptors (Lipinski definition) is 3. The summed E-state index contributed by atoms with van der Waals surface area (Å²) in [4.78, 5) is 2.22. The Kier molecular flexibility index (Phi) is 3.35. The van der Waals surface area contributed by atoms with Crippen LogP contribution in [0.4, 0.5) is 0 Å². The number of rotatable bonds is 1. The first-order valence-electron chi connectivity index (χ1n) is 6.01. The molecule has 0 unspecified atom stereocenters. The van der Waals surface area contributed by atoms with Gasteiger partial charge < -0.3 is 5.11 Å². The summed E-state index contributed by atoms with van der Waals surface area (Å²) in [6, 6.07) is 8.19. The minimum Gasteiger partial charge on any atom is -0.508 e. The predicted molar refractivity (Wildman–Crippen MR) is 66.6 cm³/mol. The zero-order valence-electron chi connectivity index (χ0n) is 10.3. The molecule has 90 valence electrons. The molecule has 1 saturated heterocycles. The molecule has 2 rings (SSSR count). The Labute approximate surface area is 102 Å². The van der Waals surface area contributed by atoms with Gasteiger partial charge in [0.2, 0.25) is 0 Å². The topological polar surface area (TPSA) is 47.3 Å². The van der Waals surface area contributed by atoms with E-state index in [1.807, 2.05) is 19.1 Å². The Morgan fingerprint density at radius 3 is 2.94 bits per heavy atom. The van der Waals surface area contributed by atoms with Gasteiger partial charge in [0.05, 0.1) is 6.07 Å². The highest BCUT2D eigenvalue weighted by atomic mass is 16.3. The summed E-state index contributed by atoms with van der Waals surface area (Å²) in [7, 11) is 2.06. The van der Waals surface area contributed by atoms with E-state index < -0.39 is 0 Å². The molecule has 3 heteroatoms. The lowest BCUT2D eigenvalue weighted by atomic mass is 9.87. The molecule has 1 aromatic carbocycles. The molecule has 1 fully saturated rings. The van der Waals surface area contributed by atoms with Crippen LogP contribution in [0.5, 0.6) is 5.75 Å². The van der Waals surface area contributed by atoms with E-state index in [1.54, 1.807) is 6.07 Å². The number of aryl methyl sites for hydroxylation is 1. The number of piperidine rings is 1. The largest absolute Gasteiger partial charge is 0.508 e. The molecule has 1 aliphatic heterocycles. The van der Waals surface area contributed by atoms with Gasteiger partial charge in [-0.3, -0.25) is 4.90 Å². The lowest BCUT2D eigenvalue weighted by molar-refractivity contribution is 0.160. The number of phenols is 1. The highest BCUT2D eigenvalue weighted by Gasteiger charge is 2.28. The van der Waals surface area contributed by atoms with E-state index in [2.05, 4.69) is 18.0 Å². The lowest BCUT2D eigenvalue weighted by Crippen LogP contribution is -2.33. The predicted octanol–water partition coefficient (Wildman–Crippen LogP) is 2.61. The number of nitriles is 1. The number of phenolic OH excluding ortho intramolecular Hbond substituents is 1. The van der Waals surface area contributed by atoms with E-state index in [-0.39, 0.29) is 12.0 Å². The Morgan fingerprint density at radius 2 is 2.24 bits per heavy atom. The van der Waals surface area contributed by atoms with Crippen LogP contribution in [0.25, 0.3) is 0 Å². The summed E-state index contributed by atoms with van der Waals surface area (Å²) >= 11 is 0. The van der Waals surface area contributed by atoms with Gasteiger partial charge in [-0.2, -0.15) is 5.26 Å². The van der Waals surface area contributed by atoms with Crippen LogP contribution in [0.15, 0.2) is 18.2 Å². The van der Waals surface area contributed by atoms with E-state index in [0.717, 1.165) is 30.5 Å². The van der Waals surface area contributed by atoms with Gasteiger partial charge in [0, 0.05) is 17.5 Å². The molecule has 1 aliphatic rings. The van der Waals surface area contributed by atoms with E-state index in [1.165, 1.54) is 0 Å². The maximum Gasteiger partial charge on any atom is 0.120 e. The molecular formula is C14H18N2O. The van der Waals surface area contributed by atoms with Crippen molar-refractivity contribution < 1.29 is 5.11 Å². The maximum absolute atomic E-state index is 9.95. The number of hydrogen-bond donors (Lipinski definition) is 1. The Bertz CT molecular complexity index is 450. The summed E-state index contributed by atoms with van der Waals surface area (Å²) in [5.74, 6) is 0.446. The molecule has 0 amide bonds. The monoisotopic (exact) mass is 230 g/mol. The molecule has 1 heterocycles. The van der Waals surface area contributed by atoms with Crippen LogP contribution in [0.2, 0.25) is 0 Å². The van der Waals surface area contributed by atoms with Gasteiger partial charge in [-0.1, -0.05) is 17.7 Å². The van der Waals surface area contributed by atoms with E-state index in [4.69, 9.17) is 5.26 Å². The van der Waals surface area contributed by atoms with Crippen molar-refractivity contribution in [1.82, 2.24) is 4.90 Å². The minimum atomic E-state index is 0.108. The van der Waals surface area contributed by atoms with Crippen LogP contribution in [0.3, 0.4) is 0 Å². The molecule has 17 heavy (non-hydrogen) atoms. The summed E-state index contributed by atoms with van der Waals surface area (Å²) in [6.45, 7) is 2.93. The molecule has 0 aromatic heterocycles. The van der Waals surface area contributed by atoms with Crippen LogP contribution < -0.4 is 0 Å². The van der Waals surface area contributed by atoms with Gasteiger partial charge in [-0.15, -0.1) is 0 Å². The maximum atomic E-state index is 9.95. The van der Waals surface area contributed by atoms with E-state index in [0.29, 0.717) is 5.75 Å². The first-order chi connectivity index (χ1) is 8.11. The fourth-order valence-electron chi connectivity index (χ4n) is 2.51. The second kappa shape index (κ2) is 4.77. The average molecular weight is 230 g/mol. The average Bonchev–Trinajstić information content (AvgIpc) is 2.33. The van der Waals surface area contributed by atoms with Crippen molar-refractivity contribution in [3.8, 4) is 11.8 Å². The minimum absolute atomic E-state index is 0.108. The van der Waals surface area contributed by atoms with Gasteiger partial charge in [0.25, 0.3) is 0 Å². The van der Waals surface area contributed by atoms with Gasteiger partial charge in [-0.05, 0) is 39.4 Å². The van der Waals surface area contributed by atoms with Crippen LogP contribution in [0.1, 0.15) is 30.0 Å². The van der Waals surface area contributed by atoms with Crippen LogP contribution in [-0.2, 0) is 0 Å². The van der Waals surface area contributed by atoms with E-state index in [9.17, 15) is 5.11 Å². The SMILES string of the molecule is Cc1ccc(O)c([C@@H]2C[C@@H](C#N)CCN2C)c1. The molecule has 0 saturated carbocycles. The second-order valence-corrected chi connectivity index (χ2v) is 4.91. The molecule has 1 N–H and O–H groups in total. The number of aromatic hydroxyl groups is 1. The van der Waals surface area contributed by atoms with Crippen LogP contribution in [0, 0.1) is 24.2 Å². The van der Waals surface area contributed by atoms with Crippen molar-refractivity contribution in [2.75, 3.05) is 13.6 Å². The zero-order valence-corrected chi connectivity index (χ0v) is 10.3. The van der Waals surface area contributed by atoms with Gasteiger partial charge in [-0.25, -0.2) is 0 Å². The summed E-state index contributed by atoms with van der Waals surface area (Å²) < 4.78 is 0. The highest BCUT2D eigenvalue weighted by Crippen LogP contribution is 2.37.